The summed E-state index contributed by atoms with van der Waals surface area (Å²) in [5.74, 6) is 0. The minimum Gasteiger partial charge on any atom is -0.147 e. The summed E-state index contributed by atoms with van der Waals surface area (Å²) < 4.78 is 0. The number of hydrogen-bond donors (Lipinski definition) is 0. The zero-order chi connectivity index (χ0) is 3.58. The monoisotopic (exact) mass is 174 g/mol. The molecule has 0 amide bonds. The van der Waals surface area contributed by atoms with Gasteiger partial charge in [0.15, 0.2) is 0 Å². The van der Waals surface area contributed by atoms with Gasteiger partial charge in [-0.05, 0) is 0 Å². The molecule has 0 aliphatic rings. The molecule has 0 saturated carbocycles. The van der Waals surface area contributed by atoms with Crippen molar-refractivity contribution >= 4 is 35.1 Å². The maximum atomic E-state index is 3.41. The average molecular weight is 176 g/mol. The lowest BCUT2D eigenvalue weighted by Gasteiger charge is -1.72. The van der Waals surface area contributed by atoms with E-state index < -0.39 is 0 Å². The van der Waals surface area contributed by atoms with Crippen molar-refractivity contribution in [1.82, 2.24) is 0 Å². The van der Waals surface area contributed by atoms with Crippen molar-refractivity contribution < 1.29 is 0 Å². The summed E-state index contributed by atoms with van der Waals surface area (Å²) in [7, 11) is -0.326. The van der Waals surface area contributed by atoms with Gasteiger partial charge in [-0.25, -0.2) is 0 Å². The summed E-state index contributed by atoms with van der Waals surface area (Å²) in [5.41, 5.74) is 0. The maximum Gasteiger partial charge on any atom is 0.108 e. The van der Waals surface area contributed by atoms with Gasteiger partial charge >= 0.3 is 0 Å². The summed E-state index contributed by atoms with van der Waals surface area (Å²) >= 11 is 3.41. The van der Waals surface area contributed by atoms with Gasteiger partial charge in [-0.1, -0.05) is 13.1 Å². The summed E-state index contributed by atoms with van der Waals surface area (Å²) in [5, 5.41) is 0. The van der Waals surface area contributed by atoms with Crippen molar-refractivity contribution in [3.63, 3.8) is 0 Å². The SMILES string of the molecule is C[SiH](C)Br.Cl. The molecule has 0 radical (unpaired) electrons. The van der Waals surface area contributed by atoms with Crippen LogP contribution in [-0.4, -0.2) is 7.42 Å². The van der Waals surface area contributed by atoms with Crippen LogP contribution in [0.15, 0.2) is 0 Å². The summed E-state index contributed by atoms with van der Waals surface area (Å²) in [6.45, 7) is 4.44. The van der Waals surface area contributed by atoms with Crippen molar-refractivity contribution in [2.75, 3.05) is 0 Å². The number of hydrogen-bond acceptors (Lipinski definition) is 0. The fourth-order valence-corrected chi connectivity index (χ4v) is 0. The van der Waals surface area contributed by atoms with Gasteiger partial charge in [-0.3, -0.25) is 0 Å². The van der Waals surface area contributed by atoms with E-state index >= 15 is 0 Å². The Hall–Kier alpha value is 0.987. The van der Waals surface area contributed by atoms with E-state index in [4.69, 9.17) is 0 Å². The standard InChI is InChI=1S/C2H7BrSi.ClH/c1-4(2)3;/h4H,1-2H3;1H. The Morgan fingerprint density at radius 2 is 1.40 bits per heavy atom. The molecule has 0 aliphatic carbocycles. The predicted molar refractivity (Wildman–Crippen MR) is 35.1 cm³/mol. The lowest BCUT2D eigenvalue weighted by atomic mass is 11.9. The van der Waals surface area contributed by atoms with Gasteiger partial charge in [0.25, 0.3) is 0 Å². The maximum absolute atomic E-state index is 3.41. The first-order valence-corrected chi connectivity index (χ1v) is 6.87. The highest BCUT2D eigenvalue weighted by Gasteiger charge is 1.75. The zero-order valence-electron chi connectivity index (χ0n) is 3.36. The molecule has 0 aromatic rings. The zero-order valence-corrected chi connectivity index (χ0v) is 6.92. The van der Waals surface area contributed by atoms with Gasteiger partial charge < -0.3 is 0 Å². The third kappa shape index (κ3) is 45.7. The van der Waals surface area contributed by atoms with E-state index in [-0.39, 0.29) is 19.8 Å². The van der Waals surface area contributed by atoms with Crippen LogP contribution in [0.2, 0.25) is 13.1 Å². The van der Waals surface area contributed by atoms with Crippen molar-refractivity contribution in [2.45, 2.75) is 13.1 Å². The van der Waals surface area contributed by atoms with E-state index in [1.54, 1.807) is 0 Å². The molecule has 0 fully saturated rings. The van der Waals surface area contributed by atoms with E-state index in [0.29, 0.717) is 0 Å². The molecule has 0 N–H and O–H groups in total. The van der Waals surface area contributed by atoms with Crippen molar-refractivity contribution in [2.24, 2.45) is 0 Å². The van der Waals surface area contributed by atoms with Crippen LogP contribution in [0.5, 0.6) is 0 Å². The van der Waals surface area contributed by atoms with Crippen LogP contribution in [0.3, 0.4) is 0 Å². The van der Waals surface area contributed by atoms with Crippen LogP contribution < -0.4 is 0 Å². The van der Waals surface area contributed by atoms with Crippen molar-refractivity contribution in [3.8, 4) is 0 Å². The van der Waals surface area contributed by atoms with Crippen LogP contribution in [0.1, 0.15) is 0 Å². The smallest absolute Gasteiger partial charge is 0.108 e. The average Bonchev–Trinajstić information content (AvgIpc) is 0.811. The summed E-state index contributed by atoms with van der Waals surface area (Å²) in [4.78, 5) is 0. The molecule has 0 aromatic carbocycles. The number of rotatable bonds is 0. The van der Waals surface area contributed by atoms with Gasteiger partial charge in [0, 0.05) is 0 Å². The van der Waals surface area contributed by atoms with Crippen LogP contribution in [0, 0.1) is 0 Å². The first kappa shape index (κ1) is 9.37. The topological polar surface area (TPSA) is 0 Å². The van der Waals surface area contributed by atoms with E-state index in [9.17, 15) is 0 Å². The van der Waals surface area contributed by atoms with Gasteiger partial charge in [0.2, 0.25) is 0 Å². The third-order valence-electron chi connectivity index (χ3n) is 0. The van der Waals surface area contributed by atoms with Crippen LogP contribution in [0.4, 0.5) is 0 Å². The van der Waals surface area contributed by atoms with E-state index in [2.05, 4.69) is 28.4 Å². The first-order chi connectivity index (χ1) is 1.73. The van der Waals surface area contributed by atoms with Crippen LogP contribution in [-0.2, 0) is 0 Å². The van der Waals surface area contributed by atoms with E-state index in [1.165, 1.54) is 0 Å². The number of halogens is 2. The van der Waals surface area contributed by atoms with Crippen LogP contribution in [0.25, 0.3) is 0 Å². The molecule has 0 aromatic heterocycles. The Morgan fingerprint density at radius 3 is 1.40 bits per heavy atom. The Balaban J connectivity index is 0. The largest absolute Gasteiger partial charge is 0.147 e. The minimum absolute atomic E-state index is 0. The molecule has 34 valence electrons. The molecule has 0 unspecified atom stereocenters. The molecule has 0 nitrogen and oxygen atoms in total. The van der Waals surface area contributed by atoms with Crippen LogP contribution >= 0.6 is 27.7 Å². The molecule has 3 heteroatoms. The van der Waals surface area contributed by atoms with Crippen molar-refractivity contribution in [3.05, 3.63) is 0 Å². The highest BCUT2D eigenvalue weighted by atomic mass is 79.9. The highest BCUT2D eigenvalue weighted by molar-refractivity contribution is 9.24. The molecule has 0 spiro atoms. The quantitative estimate of drug-likeness (QED) is 0.389. The van der Waals surface area contributed by atoms with Gasteiger partial charge in [0.1, 0.15) is 7.42 Å². The molecule has 0 heterocycles. The fourth-order valence-electron chi connectivity index (χ4n) is 0. The Kier molecular flexibility index (Phi) is 9.34. The van der Waals surface area contributed by atoms with Crippen molar-refractivity contribution in [1.29, 1.82) is 0 Å². The fraction of sp³-hybridized carbons (Fsp3) is 1.00. The molecule has 0 rings (SSSR count). The summed E-state index contributed by atoms with van der Waals surface area (Å²) in [6, 6.07) is 0. The predicted octanol–water partition coefficient (Wildman–Crippen LogP) is 1.79. The van der Waals surface area contributed by atoms with E-state index in [1.807, 2.05) is 0 Å². The second-order valence-electron chi connectivity index (χ2n) is 1.01. The second kappa shape index (κ2) is 4.99. The Bertz CT molecular complexity index is 14.4. The molecule has 0 aliphatic heterocycles. The van der Waals surface area contributed by atoms with Gasteiger partial charge in [0.05, 0.1) is 0 Å². The van der Waals surface area contributed by atoms with Gasteiger partial charge in [-0.2, -0.15) is 0 Å². The lowest BCUT2D eigenvalue weighted by Crippen LogP contribution is -1.77. The molecule has 0 saturated heterocycles. The molecular formula is C2H8BrClSi. The molecule has 0 atom stereocenters. The highest BCUT2D eigenvalue weighted by Crippen LogP contribution is 1.85. The minimum atomic E-state index is -0.326. The van der Waals surface area contributed by atoms with Gasteiger partial charge in [-0.15, -0.1) is 27.7 Å². The Labute approximate surface area is 48.6 Å². The molecule has 5 heavy (non-hydrogen) atoms. The van der Waals surface area contributed by atoms with E-state index in [0.717, 1.165) is 0 Å². The lowest BCUT2D eigenvalue weighted by molar-refractivity contribution is 2.12. The molecule has 0 bridgehead atoms. The second-order valence-corrected chi connectivity index (χ2v) is 8.54. The first-order valence-electron chi connectivity index (χ1n) is 1.37. The normalized spacial score (nSPS) is 7.20. The molecular weight excluding hydrogens is 167 g/mol. The summed E-state index contributed by atoms with van der Waals surface area (Å²) in [6.07, 6.45) is 0. The Morgan fingerprint density at radius 1 is 1.40 bits per heavy atom. The third-order valence-corrected chi connectivity index (χ3v) is 0.